The molecule has 0 aliphatic carbocycles. The fourth-order valence-corrected chi connectivity index (χ4v) is 8.56. The summed E-state index contributed by atoms with van der Waals surface area (Å²) in [6.45, 7) is 3.02. The van der Waals surface area contributed by atoms with E-state index in [4.69, 9.17) is 9.26 Å². The molecule has 43 heavy (non-hydrogen) atoms. The minimum absolute atomic E-state index is 0.0276. The van der Waals surface area contributed by atoms with Crippen LogP contribution in [-0.4, -0.2) is 66.7 Å². The second-order valence-corrected chi connectivity index (χ2v) is 12.5. The van der Waals surface area contributed by atoms with E-state index in [1.54, 1.807) is 20.8 Å². The highest BCUT2D eigenvalue weighted by Gasteiger charge is 2.54. The summed E-state index contributed by atoms with van der Waals surface area (Å²) in [5.41, 5.74) is -0.841. The summed E-state index contributed by atoms with van der Waals surface area (Å²) in [6, 6.07) is 5.43. The molecular weight excluding hydrogens is 596 g/mol. The molecule has 3 aromatic rings. The van der Waals surface area contributed by atoms with E-state index in [1.165, 1.54) is 37.7 Å². The van der Waals surface area contributed by atoms with E-state index >= 15 is 4.39 Å². The van der Waals surface area contributed by atoms with Crippen LogP contribution in [-0.2, 0) is 15.3 Å². The summed E-state index contributed by atoms with van der Waals surface area (Å²) in [7, 11) is -2.46. The number of amidine groups is 1. The van der Waals surface area contributed by atoms with Crippen LogP contribution in [0.3, 0.4) is 0 Å². The van der Waals surface area contributed by atoms with Crippen molar-refractivity contribution in [2.24, 2.45) is 9.36 Å². The van der Waals surface area contributed by atoms with Crippen molar-refractivity contribution in [2.45, 2.75) is 56.5 Å². The average molecular weight is 627 g/mol. The lowest BCUT2D eigenvalue weighted by Crippen LogP contribution is -2.60. The van der Waals surface area contributed by atoms with Crippen molar-refractivity contribution in [2.75, 3.05) is 19.4 Å². The number of rotatable bonds is 8. The fraction of sp³-hybridized carbons (Fsp3) is 0.444. The Hall–Kier alpha value is -4.08. The van der Waals surface area contributed by atoms with E-state index in [0.29, 0.717) is 22.8 Å². The van der Waals surface area contributed by atoms with Gasteiger partial charge in [-0.2, -0.15) is 13.2 Å². The summed E-state index contributed by atoms with van der Waals surface area (Å²) >= 11 is 0. The summed E-state index contributed by atoms with van der Waals surface area (Å²) in [4.78, 5) is 24.7. The Labute approximate surface area is 245 Å². The molecule has 0 spiro atoms. The molecule has 2 N–H and O–H groups in total. The van der Waals surface area contributed by atoms with E-state index in [9.17, 15) is 27.3 Å². The lowest BCUT2D eigenvalue weighted by molar-refractivity contribution is -0.117. The zero-order valence-electron chi connectivity index (χ0n) is 23.7. The Kier molecular flexibility index (Phi) is 8.81. The predicted molar refractivity (Wildman–Crippen MR) is 150 cm³/mol. The van der Waals surface area contributed by atoms with Gasteiger partial charge < -0.3 is 14.4 Å². The van der Waals surface area contributed by atoms with Gasteiger partial charge in [0.25, 0.3) is 0 Å². The minimum Gasteiger partial charge on any atom is -0.480 e. The number of benzene rings is 1. The van der Waals surface area contributed by atoms with Crippen LogP contribution in [0, 0.1) is 5.82 Å². The van der Waals surface area contributed by atoms with Crippen molar-refractivity contribution in [1.29, 1.82) is 0 Å². The molecule has 0 bridgehead atoms. The number of hydrogen-bond donors (Lipinski definition) is 2. The largest absolute Gasteiger partial charge is 0.480 e. The summed E-state index contributed by atoms with van der Waals surface area (Å²) in [5.74, 6) is -1.19. The van der Waals surface area contributed by atoms with E-state index in [1.807, 2.05) is 0 Å². The number of nitrogens with one attached hydrogen (secondary N) is 1. The Morgan fingerprint density at radius 3 is 2.42 bits per heavy atom. The molecule has 4 rings (SSSR count). The van der Waals surface area contributed by atoms with Crippen molar-refractivity contribution in [3.63, 3.8) is 0 Å². The quantitative estimate of drug-likeness (QED) is 0.297. The van der Waals surface area contributed by atoms with Crippen LogP contribution in [0.1, 0.15) is 45.6 Å². The van der Waals surface area contributed by atoms with Crippen molar-refractivity contribution < 1.29 is 40.9 Å². The van der Waals surface area contributed by atoms with Gasteiger partial charge in [0, 0.05) is 17.2 Å². The molecule has 2 aromatic heterocycles. The highest BCUT2D eigenvalue weighted by molar-refractivity contribution is 7.95. The van der Waals surface area contributed by atoms with Gasteiger partial charge in [-0.25, -0.2) is 27.7 Å². The number of methoxy groups -OCH3 is 1. The van der Waals surface area contributed by atoms with E-state index < -0.39 is 50.4 Å². The number of aliphatic imine (C=N–C) groups is 1. The first-order valence-electron chi connectivity index (χ1n) is 13.3. The third-order valence-corrected chi connectivity index (χ3v) is 11.0. The molecule has 1 amide bonds. The van der Waals surface area contributed by atoms with Gasteiger partial charge in [-0.1, -0.05) is 25.9 Å². The number of carbonyl (C=O) groups is 1. The summed E-state index contributed by atoms with van der Waals surface area (Å²) in [6.07, 6.45) is -3.61. The third kappa shape index (κ3) is 6.05. The Morgan fingerprint density at radius 1 is 1.14 bits per heavy atom. The van der Waals surface area contributed by atoms with Gasteiger partial charge >= 0.3 is 12.3 Å². The molecule has 16 heteroatoms. The molecule has 2 atom stereocenters. The molecule has 0 radical (unpaired) electrons. The number of carboxylic acid groups (broad SMARTS) is 1. The highest BCUT2D eigenvalue weighted by atomic mass is 32.2. The number of aromatic nitrogens is 3. The van der Waals surface area contributed by atoms with Crippen molar-refractivity contribution in [3.05, 3.63) is 48.0 Å². The number of halogens is 4. The molecule has 0 fully saturated rings. The first kappa shape index (κ1) is 31.8. The van der Waals surface area contributed by atoms with Crippen molar-refractivity contribution in [1.82, 2.24) is 20.4 Å². The fourth-order valence-electron chi connectivity index (χ4n) is 5.22. The molecular formula is C27H30F4N6O5S. The first-order chi connectivity index (χ1) is 20.2. The van der Waals surface area contributed by atoms with Crippen LogP contribution in [0.15, 0.2) is 50.5 Å². The zero-order valence-corrected chi connectivity index (χ0v) is 24.6. The molecule has 3 heterocycles. The number of alkyl halides is 3. The van der Waals surface area contributed by atoms with Crippen LogP contribution in [0.5, 0.6) is 5.88 Å². The second-order valence-electron chi connectivity index (χ2n) is 9.88. The Morgan fingerprint density at radius 2 is 1.86 bits per heavy atom. The number of hydrogen-bond acceptors (Lipinski definition) is 9. The van der Waals surface area contributed by atoms with Gasteiger partial charge in [0.1, 0.15) is 39.9 Å². The van der Waals surface area contributed by atoms with Gasteiger partial charge in [0.15, 0.2) is 5.76 Å². The first-order valence-corrected chi connectivity index (χ1v) is 14.9. The average Bonchev–Trinajstić information content (AvgIpc) is 3.46. The number of ether oxygens (including phenoxy) is 1. The lowest BCUT2D eigenvalue weighted by atomic mass is 9.86. The predicted octanol–water partition coefficient (Wildman–Crippen LogP) is 5.82. The standard InChI is InChI=1S/C27H30F4N6O5S/c1-5-25(15-43(40,34-14-27(29,30)31)26(6-2,7-3)23(36-25)35-24(38)39)17-10-16(8-9-18(17)28)21-11-19(37-42-21)20-12-33-22(41-4)13-32-20/h8-13H,5-7,14-15H2,1-4H3,(H,35,36)(H,38,39)/t25-,43?/m0/s1. The number of amides is 1. The molecule has 1 aliphatic heterocycles. The maximum absolute atomic E-state index is 15.6. The van der Waals surface area contributed by atoms with Crippen LogP contribution < -0.4 is 10.1 Å². The van der Waals surface area contributed by atoms with Crippen LogP contribution >= 0.6 is 0 Å². The number of nitrogens with zero attached hydrogens (tertiary/aromatic N) is 5. The van der Waals surface area contributed by atoms with Crippen molar-refractivity contribution >= 4 is 21.7 Å². The summed E-state index contributed by atoms with van der Waals surface area (Å²) in [5, 5.41) is 15.7. The van der Waals surface area contributed by atoms with Gasteiger partial charge in [-0.3, -0.25) is 10.3 Å². The topological polar surface area (TPSA) is 152 Å². The maximum atomic E-state index is 15.6. The summed E-state index contributed by atoms with van der Waals surface area (Å²) < 4.78 is 82.8. The van der Waals surface area contributed by atoms with Gasteiger partial charge in [-0.15, -0.1) is 0 Å². The normalized spacial score (nSPS) is 21.6. The van der Waals surface area contributed by atoms with E-state index in [-0.39, 0.29) is 36.4 Å². The van der Waals surface area contributed by atoms with Crippen LogP contribution in [0.4, 0.5) is 22.4 Å². The molecule has 232 valence electrons. The molecule has 1 aliphatic rings. The molecule has 0 saturated heterocycles. The second kappa shape index (κ2) is 11.9. The third-order valence-electron chi connectivity index (χ3n) is 7.57. The van der Waals surface area contributed by atoms with Gasteiger partial charge in [-0.05, 0) is 37.5 Å². The van der Waals surface area contributed by atoms with Crippen LogP contribution in [0.2, 0.25) is 0 Å². The van der Waals surface area contributed by atoms with E-state index in [2.05, 4.69) is 29.8 Å². The Bertz CT molecular complexity index is 1650. The van der Waals surface area contributed by atoms with Crippen LogP contribution in [0.25, 0.3) is 22.7 Å². The lowest BCUT2D eigenvalue weighted by Gasteiger charge is -2.45. The smallest absolute Gasteiger partial charge is 0.410 e. The monoisotopic (exact) mass is 626 g/mol. The molecule has 1 aromatic carbocycles. The zero-order chi connectivity index (χ0) is 31.6. The van der Waals surface area contributed by atoms with Gasteiger partial charge in [0.2, 0.25) is 5.88 Å². The molecule has 0 saturated carbocycles. The highest BCUT2D eigenvalue weighted by Crippen LogP contribution is 2.45. The SMILES string of the molecule is CCC1(CC)C(NC(=O)O)=N[C@](CC)(c2cc(-c3cc(-c4cnc(OC)cn4)no3)ccc2F)CS1(=O)=NCC(F)(F)F. The Balaban J connectivity index is 1.90. The maximum Gasteiger partial charge on any atom is 0.410 e. The minimum atomic E-state index is -4.77. The van der Waals surface area contributed by atoms with Gasteiger partial charge in [0.05, 0.1) is 35.0 Å². The molecule has 11 nitrogen and oxygen atoms in total. The van der Waals surface area contributed by atoms with E-state index in [0.717, 1.165) is 6.07 Å². The van der Waals surface area contributed by atoms with Crippen molar-refractivity contribution in [3.8, 4) is 28.6 Å². The molecule has 1 unspecified atom stereocenters.